The number of amides is 1. The summed E-state index contributed by atoms with van der Waals surface area (Å²) >= 11 is 0. The number of rotatable bonds is 4. The molecule has 1 unspecified atom stereocenters. The van der Waals surface area contributed by atoms with Crippen LogP contribution in [0.2, 0.25) is 0 Å². The smallest absolute Gasteiger partial charge is 0.259 e. The van der Waals surface area contributed by atoms with Crippen molar-refractivity contribution >= 4 is 11.9 Å². The van der Waals surface area contributed by atoms with Gasteiger partial charge in [-0.2, -0.15) is 0 Å². The molecular formula is C21H26FN5O. The van der Waals surface area contributed by atoms with Gasteiger partial charge in [-0.15, -0.1) is 0 Å². The number of nitrogens with zero attached hydrogens (tertiary/aromatic N) is 4. The van der Waals surface area contributed by atoms with Crippen LogP contribution in [0.4, 0.5) is 4.39 Å². The second-order valence-corrected chi connectivity index (χ2v) is 8.05. The molecule has 4 aliphatic heterocycles. The minimum absolute atomic E-state index is 0.0558. The highest BCUT2D eigenvalue weighted by molar-refractivity contribution is 6.09. The van der Waals surface area contributed by atoms with E-state index >= 15 is 0 Å². The number of benzene rings is 1. The number of hydrogen-bond donors (Lipinski definition) is 1. The Bertz CT molecular complexity index is 828. The van der Waals surface area contributed by atoms with Gasteiger partial charge in [0, 0.05) is 44.3 Å². The monoisotopic (exact) mass is 383 g/mol. The molecule has 148 valence electrons. The Labute approximate surface area is 164 Å². The largest absolute Gasteiger partial charge is 0.314 e. The Hall–Kier alpha value is -2.25. The number of halogens is 1. The lowest BCUT2D eigenvalue weighted by molar-refractivity contribution is -0.125. The maximum atomic E-state index is 13.4. The van der Waals surface area contributed by atoms with Crippen molar-refractivity contribution in [2.24, 2.45) is 4.99 Å². The molecule has 6 nitrogen and oxygen atoms in total. The van der Waals surface area contributed by atoms with Gasteiger partial charge >= 0.3 is 0 Å². The van der Waals surface area contributed by atoms with E-state index in [0.717, 1.165) is 61.9 Å². The van der Waals surface area contributed by atoms with E-state index in [4.69, 9.17) is 0 Å². The molecule has 0 aromatic heterocycles. The first-order valence-electron chi connectivity index (χ1n) is 10.2. The normalized spacial score (nSPS) is 25.2. The topological polar surface area (TPSA) is 51.2 Å². The second kappa shape index (κ2) is 7.29. The average molecular weight is 383 g/mol. The quantitative estimate of drug-likeness (QED) is 0.857. The fourth-order valence-electron chi connectivity index (χ4n) is 4.77. The van der Waals surface area contributed by atoms with Crippen LogP contribution in [0.5, 0.6) is 0 Å². The average Bonchev–Trinajstić information content (AvgIpc) is 3.39. The zero-order valence-electron chi connectivity index (χ0n) is 16.0. The van der Waals surface area contributed by atoms with Crippen LogP contribution in [0.15, 0.2) is 40.5 Å². The standard InChI is InChI=1S/C21H26FN5O/c22-16-5-3-15(4-6-16)12-27-20(28)18-14-25(13-17-2-1-8-23-17)10-7-19(18)26-11-9-24-21(26)27/h3-6,17,23H,1-2,7-14H2. The summed E-state index contributed by atoms with van der Waals surface area (Å²) in [5.74, 6) is 0.557. The first-order chi connectivity index (χ1) is 13.7. The van der Waals surface area contributed by atoms with Crippen molar-refractivity contribution in [3.05, 3.63) is 46.9 Å². The molecule has 4 aliphatic rings. The van der Waals surface area contributed by atoms with Crippen LogP contribution in [0, 0.1) is 5.82 Å². The first-order valence-corrected chi connectivity index (χ1v) is 10.2. The molecular weight excluding hydrogens is 357 g/mol. The Morgan fingerprint density at radius 3 is 2.86 bits per heavy atom. The Morgan fingerprint density at radius 2 is 2.07 bits per heavy atom. The predicted octanol–water partition coefficient (Wildman–Crippen LogP) is 1.55. The van der Waals surface area contributed by atoms with Crippen molar-refractivity contribution in [3.8, 4) is 0 Å². The van der Waals surface area contributed by atoms with Gasteiger partial charge in [0.2, 0.25) is 5.96 Å². The molecule has 0 saturated carbocycles. The van der Waals surface area contributed by atoms with E-state index in [2.05, 4.69) is 20.1 Å². The molecule has 4 heterocycles. The zero-order chi connectivity index (χ0) is 19.1. The minimum Gasteiger partial charge on any atom is -0.314 e. The summed E-state index contributed by atoms with van der Waals surface area (Å²) in [4.78, 5) is 24.4. The van der Waals surface area contributed by atoms with Crippen molar-refractivity contribution in [2.75, 3.05) is 39.3 Å². The Morgan fingerprint density at radius 1 is 1.21 bits per heavy atom. The molecule has 1 fully saturated rings. The third kappa shape index (κ3) is 3.22. The zero-order valence-corrected chi connectivity index (χ0v) is 16.0. The molecule has 1 amide bonds. The molecule has 0 radical (unpaired) electrons. The maximum absolute atomic E-state index is 13.4. The molecule has 0 aliphatic carbocycles. The van der Waals surface area contributed by atoms with E-state index in [1.807, 2.05) is 0 Å². The van der Waals surface area contributed by atoms with E-state index < -0.39 is 0 Å². The molecule has 0 bridgehead atoms. The van der Waals surface area contributed by atoms with Gasteiger partial charge in [-0.1, -0.05) is 12.1 Å². The fraction of sp³-hybridized carbons (Fsp3) is 0.524. The third-order valence-corrected chi connectivity index (χ3v) is 6.18. The number of carbonyl (C=O) groups is 1. The van der Waals surface area contributed by atoms with Crippen molar-refractivity contribution < 1.29 is 9.18 Å². The number of guanidine groups is 1. The van der Waals surface area contributed by atoms with Gasteiger partial charge in [0.15, 0.2) is 0 Å². The number of hydrogen-bond acceptors (Lipinski definition) is 5. The van der Waals surface area contributed by atoms with Crippen LogP contribution in [-0.4, -0.2) is 71.9 Å². The van der Waals surface area contributed by atoms with Gasteiger partial charge in [0.1, 0.15) is 5.82 Å². The van der Waals surface area contributed by atoms with Crippen LogP contribution in [0.3, 0.4) is 0 Å². The summed E-state index contributed by atoms with van der Waals surface area (Å²) in [6, 6.07) is 6.91. The van der Waals surface area contributed by atoms with E-state index in [1.165, 1.54) is 25.0 Å². The Kier molecular flexibility index (Phi) is 4.64. The van der Waals surface area contributed by atoms with Crippen LogP contribution < -0.4 is 5.32 Å². The lowest BCUT2D eigenvalue weighted by atomic mass is 10.00. The molecule has 1 aromatic carbocycles. The van der Waals surface area contributed by atoms with Crippen molar-refractivity contribution in [1.29, 1.82) is 0 Å². The molecule has 28 heavy (non-hydrogen) atoms. The summed E-state index contributed by atoms with van der Waals surface area (Å²) in [5.41, 5.74) is 2.98. The highest BCUT2D eigenvalue weighted by Gasteiger charge is 2.41. The van der Waals surface area contributed by atoms with Crippen molar-refractivity contribution in [1.82, 2.24) is 20.0 Å². The lowest BCUT2D eigenvalue weighted by Crippen LogP contribution is -2.54. The van der Waals surface area contributed by atoms with Crippen molar-refractivity contribution in [3.63, 3.8) is 0 Å². The van der Waals surface area contributed by atoms with E-state index in [9.17, 15) is 9.18 Å². The minimum atomic E-state index is -0.262. The van der Waals surface area contributed by atoms with Gasteiger partial charge in [-0.3, -0.25) is 19.6 Å². The SMILES string of the molecule is O=C1C2=C(CCN(CC3CCCN3)C2)N2CCN=C2N1Cc1ccc(F)cc1. The van der Waals surface area contributed by atoms with Crippen LogP contribution in [0.25, 0.3) is 0 Å². The van der Waals surface area contributed by atoms with Crippen LogP contribution in [0.1, 0.15) is 24.8 Å². The lowest BCUT2D eigenvalue weighted by Gasteiger charge is -2.42. The summed E-state index contributed by atoms with van der Waals surface area (Å²) in [7, 11) is 0. The first kappa shape index (κ1) is 17.8. The van der Waals surface area contributed by atoms with E-state index in [0.29, 0.717) is 19.1 Å². The summed E-state index contributed by atoms with van der Waals surface area (Å²) < 4.78 is 13.3. The summed E-state index contributed by atoms with van der Waals surface area (Å²) in [6.07, 6.45) is 3.36. The molecule has 1 saturated heterocycles. The van der Waals surface area contributed by atoms with E-state index in [1.54, 1.807) is 17.0 Å². The van der Waals surface area contributed by atoms with Gasteiger partial charge in [-0.05, 0) is 37.1 Å². The van der Waals surface area contributed by atoms with Gasteiger partial charge < -0.3 is 10.2 Å². The van der Waals surface area contributed by atoms with Crippen LogP contribution in [-0.2, 0) is 11.3 Å². The summed E-state index contributed by atoms with van der Waals surface area (Å²) in [6.45, 7) is 5.78. The van der Waals surface area contributed by atoms with Crippen LogP contribution >= 0.6 is 0 Å². The number of nitrogens with one attached hydrogen (secondary N) is 1. The molecule has 1 aromatic rings. The third-order valence-electron chi connectivity index (χ3n) is 6.18. The predicted molar refractivity (Wildman–Crippen MR) is 105 cm³/mol. The molecule has 7 heteroatoms. The number of carbonyl (C=O) groups excluding carboxylic acids is 1. The fourth-order valence-corrected chi connectivity index (χ4v) is 4.77. The highest BCUT2D eigenvalue weighted by Crippen LogP contribution is 2.32. The molecule has 1 N–H and O–H groups in total. The molecule has 0 spiro atoms. The van der Waals surface area contributed by atoms with Crippen molar-refractivity contribution in [2.45, 2.75) is 31.8 Å². The number of aliphatic imine (C=N–C) groups is 1. The second-order valence-electron chi connectivity index (χ2n) is 8.05. The van der Waals surface area contributed by atoms with Gasteiger partial charge in [0.25, 0.3) is 5.91 Å². The number of fused-ring (bicyclic) bond motifs is 2. The van der Waals surface area contributed by atoms with Gasteiger partial charge in [0.05, 0.1) is 18.7 Å². The van der Waals surface area contributed by atoms with Gasteiger partial charge in [-0.25, -0.2) is 4.39 Å². The summed E-state index contributed by atoms with van der Waals surface area (Å²) in [5, 5.41) is 3.56. The Balaban J connectivity index is 1.38. The maximum Gasteiger partial charge on any atom is 0.259 e. The molecule has 5 rings (SSSR count). The van der Waals surface area contributed by atoms with E-state index in [-0.39, 0.29) is 11.7 Å². The molecule has 1 atom stereocenters. The highest BCUT2D eigenvalue weighted by atomic mass is 19.1.